The van der Waals surface area contributed by atoms with Crippen molar-refractivity contribution in [3.05, 3.63) is 42.2 Å². The molecule has 0 aliphatic heterocycles. The zero-order chi connectivity index (χ0) is 11.5. The van der Waals surface area contributed by atoms with Gasteiger partial charge in [-0.3, -0.25) is 9.78 Å². The van der Waals surface area contributed by atoms with Crippen LogP contribution in [0, 0.1) is 0 Å². The zero-order valence-corrected chi connectivity index (χ0v) is 8.63. The normalized spacial score (nSPS) is 12.6. The lowest BCUT2D eigenvalue weighted by Crippen LogP contribution is -2.15. The number of rotatable bonds is 3. The number of pyridine rings is 1. The SMILES string of the molecule is NC(CC(=O)O)c1cccc2ccncc12. The van der Waals surface area contributed by atoms with Crippen LogP contribution >= 0.6 is 0 Å². The van der Waals surface area contributed by atoms with Gasteiger partial charge in [0.05, 0.1) is 6.42 Å². The highest BCUT2D eigenvalue weighted by Gasteiger charge is 2.13. The summed E-state index contributed by atoms with van der Waals surface area (Å²) >= 11 is 0. The fourth-order valence-corrected chi connectivity index (χ4v) is 1.76. The fraction of sp³-hybridized carbons (Fsp3) is 0.167. The van der Waals surface area contributed by atoms with Crippen LogP contribution in [0.15, 0.2) is 36.7 Å². The molecule has 0 aliphatic carbocycles. The van der Waals surface area contributed by atoms with Gasteiger partial charge >= 0.3 is 5.97 Å². The average molecular weight is 216 g/mol. The van der Waals surface area contributed by atoms with Crippen molar-refractivity contribution < 1.29 is 9.90 Å². The molecular formula is C12H12N2O2. The maximum Gasteiger partial charge on any atom is 0.305 e. The molecule has 1 aromatic carbocycles. The summed E-state index contributed by atoms with van der Waals surface area (Å²) in [4.78, 5) is 14.7. The van der Waals surface area contributed by atoms with Gasteiger partial charge in [-0.05, 0) is 17.0 Å². The molecule has 0 amide bonds. The van der Waals surface area contributed by atoms with E-state index < -0.39 is 12.0 Å². The molecule has 0 fully saturated rings. The first-order valence-corrected chi connectivity index (χ1v) is 4.98. The summed E-state index contributed by atoms with van der Waals surface area (Å²) in [5.41, 5.74) is 6.68. The maximum absolute atomic E-state index is 10.6. The average Bonchev–Trinajstić information content (AvgIpc) is 2.27. The van der Waals surface area contributed by atoms with E-state index in [0.29, 0.717) is 0 Å². The van der Waals surface area contributed by atoms with E-state index in [1.165, 1.54) is 0 Å². The van der Waals surface area contributed by atoms with Gasteiger partial charge in [-0.1, -0.05) is 18.2 Å². The molecule has 0 saturated carbocycles. The van der Waals surface area contributed by atoms with E-state index in [-0.39, 0.29) is 6.42 Å². The number of aliphatic carboxylic acids is 1. The van der Waals surface area contributed by atoms with Gasteiger partial charge in [0.1, 0.15) is 0 Å². The van der Waals surface area contributed by atoms with Crippen LogP contribution in [0.1, 0.15) is 18.0 Å². The first-order chi connectivity index (χ1) is 7.68. The topological polar surface area (TPSA) is 76.2 Å². The van der Waals surface area contributed by atoms with E-state index in [4.69, 9.17) is 10.8 Å². The van der Waals surface area contributed by atoms with Crippen LogP contribution in [-0.4, -0.2) is 16.1 Å². The minimum absolute atomic E-state index is 0.0754. The Kier molecular flexibility index (Phi) is 2.83. The molecule has 0 radical (unpaired) electrons. The molecule has 3 N–H and O–H groups in total. The molecule has 0 saturated heterocycles. The molecule has 4 heteroatoms. The number of hydrogen-bond donors (Lipinski definition) is 2. The van der Waals surface area contributed by atoms with E-state index in [0.717, 1.165) is 16.3 Å². The summed E-state index contributed by atoms with van der Waals surface area (Å²) in [6.45, 7) is 0. The molecule has 1 atom stereocenters. The van der Waals surface area contributed by atoms with Gasteiger partial charge in [0, 0.05) is 23.8 Å². The van der Waals surface area contributed by atoms with Crippen molar-refractivity contribution in [1.82, 2.24) is 4.98 Å². The highest BCUT2D eigenvalue weighted by molar-refractivity contribution is 5.85. The highest BCUT2D eigenvalue weighted by atomic mass is 16.4. The number of carboxylic acid groups (broad SMARTS) is 1. The van der Waals surface area contributed by atoms with Crippen LogP contribution in [0.25, 0.3) is 10.8 Å². The predicted octanol–water partition coefficient (Wildman–Crippen LogP) is 1.71. The third kappa shape index (κ3) is 2.01. The Morgan fingerprint density at radius 1 is 1.44 bits per heavy atom. The summed E-state index contributed by atoms with van der Waals surface area (Å²) in [5.74, 6) is -0.895. The number of carbonyl (C=O) groups is 1. The Morgan fingerprint density at radius 2 is 2.25 bits per heavy atom. The highest BCUT2D eigenvalue weighted by Crippen LogP contribution is 2.23. The molecule has 82 valence electrons. The number of hydrogen-bond acceptors (Lipinski definition) is 3. The molecule has 1 unspecified atom stereocenters. The lowest BCUT2D eigenvalue weighted by molar-refractivity contribution is -0.137. The first-order valence-electron chi connectivity index (χ1n) is 4.98. The summed E-state index contributed by atoms with van der Waals surface area (Å²) < 4.78 is 0. The van der Waals surface area contributed by atoms with Gasteiger partial charge in [0.15, 0.2) is 0 Å². The van der Waals surface area contributed by atoms with Gasteiger partial charge < -0.3 is 10.8 Å². The van der Waals surface area contributed by atoms with Gasteiger partial charge in [-0.25, -0.2) is 0 Å². The molecule has 2 aromatic rings. The number of benzene rings is 1. The van der Waals surface area contributed by atoms with Crippen LogP contribution in [0.5, 0.6) is 0 Å². The van der Waals surface area contributed by atoms with Crippen LogP contribution in [0.2, 0.25) is 0 Å². The molecule has 0 spiro atoms. The minimum atomic E-state index is -0.895. The van der Waals surface area contributed by atoms with Crippen molar-refractivity contribution in [3.8, 4) is 0 Å². The third-order valence-electron chi connectivity index (χ3n) is 2.51. The largest absolute Gasteiger partial charge is 0.481 e. The predicted molar refractivity (Wildman–Crippen MR) is 60.9 cm³/mol. The Bertz CT molecular complexity index is 520. The first kappa shape index (κ1) is 10.6. The maximum atomic E-state index is 10.6. The number of fused-ring (bicyclic) bond motifs is 1. The van der Waals surface area contributed by atoms with Gasteiger partial charge in [0.2, 0.25) is 0 Å². The van der Waals surface area contributed by atoms with E-state index in [9.17, 15) is 4.79 Å². The Balaban J connectivity index is 2.47. The lowest BCUT2D eigenvalue weighted by atomic mass is 9.99. The van der Waals surface area contributed by atoms with E-state index in [1.54, 1.807) is 12.4 Å². The fourth-order valence-electron chi connectivity index (χ4n) is 1.76. The van der Waals surface area contributed by atoms with Crippen molar-refractivity contribution in [2.45, 2.75) is 12.5 Å². The van der Waals surface area contributed by atoms with E-state index in [2.05, 4.69) is 4.98 Å². The van der Waals surface area contributed by atoms with E-state index in [1.807, 2.05) is 24.3 Å². The summed E-state index contributed by atoms with van der Waals surface area (Å²) in [7, 11) is 0. The van der Waals surface area contributed by atoms with Crippen molar-refractivity contribution in [1.29, 1.82) is 0 Å². The quantitative estimate of drug-likeness (QED) is 0.818. The zero-order valence-electron chi connectivity index (χ0n) is 8.63. The summed E-state index contributed by atoms with van der Waals surface area (Å²) in [6, 6.07) is 7.06. The summed E-state index contributed by atoms with van der Waals surface area (Å²) in [5, 5.41) is 10.7. The second kappa shape index (κ2) is 4.28. The van der Waals surface area contributed by atoms with Crippen LogP contribution in [0.3, 0.4) is 0 Å². The van der Waals surface area contributed by atoms with Crippen LogP contribution < -0.4 is 5.73 Å². The van der Waals surface area contributed by atoms with Gasteiger partial charge in [-0.15, -0.1) is 0 Å². The molecule has 1 heterocycles. The minimum Gasteiger partial charge on any atom is -0.481 e. The van der Waals surface area contributed by atoms with Crippen molar-refractivity contribution in [3.63, 3.8) is 0 Å². The number of carboxylic acids is 1. The molecular weight excluding hydrogens is 204 g/mol. The molecule has 2 rings (SSSR count). The second-order valence-corrected chi connectivity index (χ2v) is 3.65. The Labute approximate surface area is 92.7 Å². The number of aromatic nitrogens is 1. The number of nitrogens with two attached hydrogens (primary N) is 1. The smallest absolute Gasteiger partial charge is 0.305 e. The summed E-state index contributed by atoms with van der Waals surface area (Å²) in [6.07, 6.45) is 3.34. The molecule has 0 bridgehead atoms. The van der Waals surface area contributed by atoms with Crippen LogP contribution in [0.4, 0.5) is 0 Å². The van der Waals surface area contributed by atoms with Gasteiger partial charge in [-0.2, -0.15) is 0 Å². The molecule has 4 nitrogen and oxygen atoms in total. The molecule has 16 heavy (non-hydrogen) atoms. The van der Waals surface area contributed by atoms with Crippen molar-refractivity contribution >= 4 is 16.7 Å². The third-order valence-corrected chi connectivity index (χ3v) is 2.51. The molecule has 0 aliphatic rings. The van der Waals surface area contributed by atoms with Crippen molar-refractivity contribution in [2.75, 3.05) is 0 Å². The Hall–Kier alpha value is -1.94. The second-order valence-electron chi connectivity index (χ2n) is 3.65. The standard InChI is InChI=1S/C12H12N2O2/c13-11(6-12(15)16)9-3-1-2-8-4-5-14-7-10(8)9/h1-5,7,11H,6,13H2,(H,15,16). The number of nitrogens with zero attached hydrogens (tertiary/aromatic N) is 1. The monoisotopic (exact) mass is 216 g/mol. The Morgan fingerprint density at radius 3 is 3.00 bits per heavy atom. The molecule has 1 aromatic heterocycles. The van der Waals surface area contributed by atoms with Crippen LogP contribution in [-0.2, 0) is 4.79 Å². The van der Waals surface area contributed by atoms with Crippen molar-refractivity contribution in [2.24, 2.45) is 5.73 Å². The van der Waals surface area contributed by atoms with Gasteiger partial charge in [0.25, 0.3) is 0 Å². The van der Waals surface area contributed by atoms with E-state index >= 15 is 0 Å². The lowest BCUT2D eigenvalue weighted by Gasteiger charge is -2.12.